The molecular formula is C23H25N5. The van der Waals surface area contributed by atoms with Gasteiger partial charge < -0.3 is 5.73 Å². The van der Waals surface area contributed by atoms with E-state index in [-0.39, 0.29) is 0 Å². The lowest BCUT2D eigenvalue weighted by Crippen LogP contribution is -2.17. The van der Waals surface area contributed by atoms with Gasteiger partial charge in [0.25, 0.3) is 0 Å². The number of nitrogens with zero attached hydrogens (tertiary/aromatic N) is 4. The molecule has 0 bridgehead atoms. The second-order valence-corrected chi connectivity index (χ2v) is 6.71. The molecule has 5 heteroatoms. The molecule has 0 unspecified atom stereocenters. The Bertz CT molecular complexity index is 1080. The molecule has 0 saturated carbocycles. The number of fused-ring (bicyclic) bond motifs is 1. The highest BCUT2D eigenvalue weighted by atomic mass is 15.4. The third-order valence-electron chi connectivity index (χ3n) is 4.54. The van der Waals surface area contributed by atoms with Crippen LogP contribution in [0, 0.1) is 0 Å². The van der Waals surface area contributed by atoms with Crippen LogP contribution in [0.15, 0.2) is 83.5 Å². The summed E-state index contributed by atoms with van der Waals surface area (Å²) in [6.07, 6.45) is 3.52. The first-order valence-corrected chi connectivity index (χ1v) is 9.21. The molecule has 0 saturated heterocycles. The predicted octanol–water partition coefficient (Wildman–Crippen LogP) is 4.72. The molecule has 0 aliphatic rings. The summed E-state index contributed by atoms with van der Waals surface area (Å²) in [6, 6.07) is 16.4. The summed E-state index contributed by atoms with van der Waals surface area (Å²) in [5.74, 6) is 0.458. The van der Waals surface area contributed by atoms with E-state index in [2.05, 4.69) is 46.2 Å². The monoisotopic (exact) mass is 371 g/mol. The molecule has 28 heavy (non-hydrogen) atoms. The van der Waals surface area contributed by atoms with Crippen molar-refractivity contribution in [1.29, 1.82) is 0 Å². The van der Waals surface area contributed by atoms with E-state index in [0.29, 0.717) is 12.4 Å². The zero-order chi connectivity index (χ0) is 20.1. The lowest BCUT2D eigenvalue weighted by atomic mass is 9.93. The summed E-state index contributed by atoms with van der Waals surface area (Å²) in [5, 5.41) is 8.64. The van der Waals surface area contributed by atoms with Crippen molar-refractivity contribution in [2.24, 2.45) is 10.7 Å². The van der Waals surface area contributed by atoms with E-state index in [0.717, 1.165) is 33.3 Å². The van der Waals surface area contributed by atoms with Gasteiger partial charge >= 0.3 is 0 Å². The van der Waals surface area contributed by atoms with Crippen LogP contribution in [0.2, 0.25) is 0 Å². The van der Waals surface area contributed by atoms with E-state index < -0.39 is 0 Å². The van der Waals surface area contributed by atoms with Crippen LogP contribution in [-0.4, -0.2) is 20.8 Å². The number of benzene rings is 2. The van der Waals surface area contributed by atoms with Gasteiger partial charge in [-0.05, 0) is 49.6 Å². The minimum absolute atomic E-state index is 0.458. The largest absolute Gasteiger partial charge is 0.383 e. The molecule has 3 aromatic rings. The molecule has 1 aromatic heterocycles. The lowest BCUT2D eigenvalue weighted by molar-refractivity contribution is 0.670. The van der Waals surface area contributed by atoms with Crippen LogP contribution >= 0.6 is 0 Å². The average Bonchev–Trinajstić information content (AvgIpc) is 3.08. The molecule has 0 aliphatic heterocycles. The van der Waals surface area contributed by atoms with Crippen LogP contribution < -0.4 is 5.73 Å². The van der Waals surface area contributed by atoms with Crippen LogP contribution in [0.1, 0.15) is 31.9 Å². The first kappa shape index (κ1) is 19.3. The van der Waals surface area contributed by atoms with E-state index in [4.69, 9.17) is 5.73 Å². The maximum atomic E-state index is 6.22. The summed E-state index contributed by atoms with van der Waals surface area (Å²) >= 11 is 0. The minimum atomic E-state index is 0.458. The normalized spacial score (nSPS) is 12.2. The van der Waals surface area contributed by atoms with E-state index in [1.165, 1.54) is 11.8 Å². The minimum Gasteiger partial charge on any atom is -0.383 e. The van der Waals surface area contributed by atoms with E-state index in [1.54, 1.807) is 0 Å². The Morgan fingerprint density at radius 3 is 2.57 bits per heavy atom. The molecule has 0 spiro atoms. The van der Waals surface area contributed by atoms with Crippen molar-refractivity contribution in [3.05, 3.63) is 89.7 Å². The Balaban J connectivity index is 2.07. The van der Waals surface area contributed by atoms with Crippen LogP contribution in [0.4, 0.5) is 0 Å². The summed E-state index contributed by atoms with van der Waals surface area (Å²) in [4.78, 5) is 4.20. The highest BCUT2D eigenvalue weighted by Gasteiger charge is 2.15. The van der Waals surface area contributed by atoms with Gasteiger partial charge in [-0.15, -0.1) is 5.10 Å². The van der Waals surface area contributed by atoms with Crippen LogP contribution in [0.5, 0.6) is 0 Å². The van der Waals surface area contributed by atoms with E-state index in [1.807, 2.05) is 55.8 Å². The number of aromatic nitrogens is 3. The van der Waals surface area contributed by atoms with Gasteiger partial charge in [-0.1, -0.05) is 59.8 Å². The number of amidine groups is 1. The highest BCUT2D eigenvalue weighted by molar-refractivity contribution is 6.12. The van der Waals surface area contributed by atoms with Crippen LogP contribution in [0.25, 0.3) is 16.6 Å². The third kappa shape index (κ3) is 3.93. The second-order valence-electron chi connectivity index (χ2n) is 6.71. The highest BCUT2D eigenvalue weighted by Crippen LogP contribution is 2.28. The first-order chi connectivity index (χ1) is 13.5. The Hall–Kier alpha value is -3.47. The summed E-state index contributed by atoms with van der Waals surface area (Å²) in [7, 11) is 0. The standard InChI is InChI=1S/C23H25N5/c1-5-19(22(16(3)4)23(24)25-6-2)18-12-13-20-21(14-18)28(27-26-20)15-17-10-8-7-9-11-17/h5-14H,2,15H2,1,3-4H3,(H2,24,25)/b19-5-. The van der Waals surface area contributed by atoms with Crippen molar-refractivity contribution in [2.75, 3.05) is 0 Å². The van der Waals surface area contributed by atoms with Gasteiger partial charge in [-0.25, -0.2) is 9.67 Å². The molecule has 142 valence electrons. The zero-order valence-electron chi connectivity index (χ0n) is 16.6. The fourth-order valence-corrected chi connectivity index (χ4v) is 3.29. The summed E-state index contributed by atoms with van der Waals surface area (Å²) < 4.78 is 1.92. The number of hydrogen-bond acceptors (Lipinski definition) is 3. The second kappa shape index (κ2) is 8.48. The quantitative estimate of drug-likeness (QED) is 0.387. The zero-order valence-corrected chi connectivity index (χ0v) is 16.6. The van der Waals surface area contributed by atoms with Gasteiger partial charge in [0.2, 0.25) is 0 Å². The van der Waals surface area contributed by atoms with Crippen LogP contribution in [-0.2, 0) is 6.54 Å². The van der Waals surface area contributed by atoms with Gasteiger partial charge in [-0.2, -0.15) is 0 Å². The maximum Gasteiger partial charge on any atom is 0.131 e. The fraction of sp³-hybridized carbons (Fsp3) is 0.174. The van der Waals surface area contributed by atoms with Gasteiger partial charge in [-0.3, -0.25) is 0 Å². The number of aliphatic imine (C=N–C) groups is 1. The molecule has 2 aromatic carbocycles. The Labute approximate surface area is 165 Å². The van der Waals surface area contributed by atoms with Crippen LogP contribution in [0.3, 0.4) is 0 Å². The van der Waals surface area contributed by atoms with Crippen molar-refractivity contribution < 1.29 is 0 Å². The van der Waals surface area contributed by atoms with Gasteiger partial charge in [0.15, 0.2) is 0 Å². The molecule has 0 fully saturated rings. The Morgan fingerprint density at radius 2 is 1.93 bits per heavy atom. The topological polar surface area (TPSA) is 69.1 Å². The maximum absolute atomic E-state index is 6.22. The Kier molecular flexibility index (Phi) is 5.84. The van der Waals surface area contributed by atoms with Crippen molar-refractivity contribution in [3.63, 3.8) is 0 Å². The van der Waals surface area contributed by atoms with Crippen molar-refractivity contribution >= 4 is 22.4 Å². The number of allylic oxidation sites excluding steroid dienone is 2. The smallest absolute Gasteiger partial charge is 0.131 e. The van der Waals surface area contributed by atoms with Gasteiger partial charge in [0, 0.05) is 11.8 Å². The molecule has 0 aliphatic carbocycles. The fourth-order valence-electron chi connectivity index (χ4n) is 3.29. The summed E-state index contributed by atoms with van der Waals surface area (Å²) in [5.41, 5.74) is 13.3. The molecule has 0 amide bonds. The molecule has 0 atom stereocenters. The lowest BCUT2D eigenvalue weighted by Gasteiger charge is -2.14. The number of rotatable bonds is 6. The molecule has 2 N–H and O–H groups in total. The van der Waals surface area contributed by atoms with Crippen molar-refractivity contribution in [3.8, 4) is 0 Å². The molecule has 5 nitrogen and oxygen atoms in total. The Morgan fingerprint density at radius 1 is 1.18 bits per heavy atom. The van der Waals surface area contributed by atoms with Gasteiger partial charge in [0.05, 0.1) is 12.1 Å². The number of hydrogen-bond donors (Lipinski definition) is 1. The summed E-state index contributed by atoms with van der Waals surface area (Å²) in [6.45, 7) is 10.4. The van der Waals surface area contributed by atoms with Crippen molar-refractivity contribution in [1.82, 2.24) is 15.0 Å². The van der Waals surface area contributed by atoms with Gasteiger partial charge in [0.1, 0.15) is 11.4 Å². The molecular weight excluding hydrogens is 346 g/mol. The molecule has 3 rings (SSSR count). The first-order valence-electron chi connectivity index (χ1n) is 9.21. The average molecular weight is 371 g/mol. The van der Waals surface area contributed by atoms with E-state index >= 15 is 0 Å². The third-order valence-corrected chi connectivity index (χ3v) is 4.54. The molecule has 1 heterocycles. The van der Waals surface area contributed by atoms with Crippen molar-refractivity contribution in [2.45, 2.75) is 27.3 Å². The number of nitrogens with two attached hydrogens (primary N) is 1. The SMILES string of the molecule is C=CN=C(N)C(=C(C)C)/C(=C\C)c1ccc2nnn(Cc3ccccc3)c2c1. The predicted molar refractivity (Wildman–Crippen MR) is 117 cm³/mol. The molecule has 0 radical (unpaired) electrons. The van der Waals surface area contributed by atoms with E-state index in [9.17, 15) is 0 Å².